The van der Waals surface area contributed by atoms with E-state index in [-0.39, 0.29) is 17.3 Å². The first-order chi connectivity index (χ1) is 18.5. The Hall–Kier alpha value is -2.94. The fourth-order valence-corrected chi connectivity index (χ4v) is 7.17. The Balaban J connectivity index is 1.84. The van der Waals surface area contributed by atoms with Crippen molar-refractivity contribution in [1.82, 2.24) is 10.0 Å². The van der Waals surface area contributed by atoms with Crippen LogP contribution in [-0.4, -0.2) is 74.6 Å². The number of benzene rings is 2. The molecule has 208 valence electrons. The molecule has 2 aromatic carbocycles. The average Bonchev–Trinajstić information content (AvgIpc) is 3.30. The number of methoxy groups -OCH3 is 2. The zero-order valence-electron chi connectivity index (χ0n) is 23.0. The standard InChI is InChI=1S/C29H35N2O7P/c1-31(37-4)17-21-24(18-10-8-7-9-11-18)29(19-12-14-20(15-13-19)39(5,6)34)28(33,26(21)32)25-22(38-29)16-23(35-2)30-27(25)36-3/h7-16,21,24,26,32-33H,17H2,1-6H3/t21-,24-,26-,28+,29+/m1/s1. The molecular formula is C29H35N2O7P. The number of aliphatic hydroxyl groups is 2. The van der Waals surface area contributed by atoms with Crippen LogP contribution in [0.25, 0.3) is 0 Å². The first-order valence-corrected chi connectivity index (χ1v) is 15.3. The van der Waals surface area contributed by atoms with Gasteiger partial charge in [-0.05, 0) is 24.5 Å². The molecule has 0 radical (unpaired) electrons. The molecule has 1 fully saturated rings. The number of pyridine rings is 1. The number of aromatic nitrogens is 1. The van der Waals surface area contributed by atoms with Gasteiger partial charge in [-0.25, -0.2) is 0 Å². The Morgan fingerprint density at radius 2 is 1.72 bits per heavy atom. The van der Waals surface area contributed by atoms with Gasteiger partial charge in [0, 0.05) is 36.8 Å². The fraction of sp³-hybridized carbons (Fsp3) is 0.414. The number of rotatable bonds is 8. The maximum atomic E-state index is 12.9. The van der Waals surface area contributed by atoms with E-state index in [1.165, 1.54) is 14.2 Å². The minimum absolute atomic E-state index is 0.101. The molecule has 5 atom stereocenters. The Bertz CT molecular complexity index is 1400. The summed E-state index contributed by atoms with van der Waals surface area (Å²) in [6, 6.07) is 18.6. The third kappa shape index (κ3) is 4.07. The van der Waals surface area contributed by atoms with E-state index < -0.39 is 36.3 Å². The molecule has 0 spiro atoms. The van der Waals surface area contributed by atoms with Gasteiger partial charge in [-0.1, -0.05) is 54.6 Å². The highest BCUT2D eigenvalue weighted by atomic mass is 31.2. The molecule has 0 amide bonds. The molecule has 2 heterocycles. The molecule has 1 saturated carbocycles. The molecule has 0 bridgehead atoms. The van der Waals surface area contributed by atoms with Crippen LogP contribution >= 0.6 is 7.14 Å². The summed E-state index contributed by atoms with van der Waals surface area (Å²) in [6.45, 7) is 3.72. The molecule has 10 heteroatoms. The summed E-state index contributed by atoms with van der Waals surface area (Å²) in [5, 5.41) is 27.4. The predicted molar refractivity (Wildman–Crippen MR) is 147 cm³/mol. The lowest BCUT2D eigenvalue weighted by atomic mass is 9.71. The number of fused-ring (bicyclic) bond motifs is 3. The lowest BCUT2D eigenvalue weighted by Gasteiger charge is -2.41. The minimum atomic E-state index is -2.54. The van der Waals surface area contributed by atoms with E-state index in [4.69, 9.17) is 19.0 Å². The van der Waals surface area contributed by atoms with Gasteiger partial charge in [0.25, 0.3) is 0 Å². The predicted octanol–water partition coefficient (Wildman–Crippen LogP) is 3.09. The maximum Gasteiger partial charge on any atom is 0.226 e. The SMILES string of the molecule is COc1cc2c(c(OC)n1)[C@]1(O)[C@H](O)[C@H](CN(C)OC)[C@@H](c3ccccc3)[C@]1(c1ccc(P(C)(C)=O)cc1)O2. The monoisotopic (exact) mass is 554 g/mol. The fourth-order valence-electron chi connectivity index (χ4n) is 6.31. The molecule has 9 nitrogen and oxygen atoms in total. The third-order valence-corrected chi connectivity index (χ3v) is 9.65. The maximum absolute atomic E-state index is 12.9. The van der Waals surface area contributed by atoms with Gasteiger partial charge in [0.2, 0.25) is 11.8 Å². The van der Waals surface area contributed by atoms with Crippen LogP contribution in [0, 0.1) is 5.92 Å². The molecule has 2 N–H and O–H groups in total. The number of nitrogens with zero attached hydrogens (tertiary/aromatic N) is 2. The van der Waals surface area contributed by atoms with Crippen molar-refractivity contribution in [3.63, 3.8) is 0 Å². The van der Waals surface area contributed by atoms with Crippen molar-refractivity contribution in [2.45, 2.75) is 23.2 Å². The molecule has 3 aromatic rings. The molecule has 39 heavy (non-hydrogen) atoms. The van der Waals surface area contributed by atoms with Crippen LogP contribution in [-0.2, 0) is 20.6 Å². The molecule has 0 saturated heterocycles. The molecule has 0 unspecified atom stereocenters. The van der Waals surface area contributed by atoms with Gasteiger partial charge in [0.1, 0.15) is 12.9 Å². The number of hydroxylamine groups is 2. The van der Waals surface area contributed by atoms with Crippen molar-refractivity contribution < 1.29 is 33.8 Å². The number of ether oxygens (including phenoxy) is 3. The first-order valence-electron chi connectivity index (χ1n) is 12.7. The van der Waals surface area contributed by atoms with Crippen LogP contribution in [0.1, 0.15) is 22.6 Å². The summed E-state index contributed by atoms with van der Waals surface area (Å²) in [5.41, 5.74) is -1.73. The summed E-state index contributed by atoms with van der Waals surface area (Å²) in [6.07, 6.45) is -1.31. The number of aliphatic hydroxyl groups excluding tert-OH is 1. The van der Waals surface area contributed by atoms with E-state index in [1.54, 1.807) is 50.7 Å². The van der Waals surface area contributed by atoms with Crippen LogP contribution < -0.4 is 19.5 Å². The van der Waals surface area contributed by atoms with E-state index in [1.807, 2.05) is 42.5 Å². The molecule has 1 aromatic heterocycles. The van der Waals surface area contributed by atoms with E-state index in [0.717, 1.165) is 5.56 Å². The van der Waals surface area contributed by atoms with Gasteiger partial charge in [0.15, 0.2) is 11.2 Å². The van der Waals surface area contributed by atoms with E-state index >= 15 is 0 Å². The summed E-state index contributed by atoms with van der Waals surface area (Å²) in [4.78, 5) is 9.88. The zero-order valence-corrected chi connectivity index (χ0v) is 23.9. The van der Waals surface area contributed by atoms with Crippen LogP contribution in [0.2, 0.25) is 0 Å². The van der Waals surface area contributed by atoms with Crippen LogP contribution in [0.3, 0.4) is 0 Å². The van der Waals surface area contributed by atoms with E-state index in [0.29, 0.717) is 23.2 Å². The molecule has 1 aliphatic carbocycles. The topological polar surface area (TPSA) is 111 Å². The van der Waals surface area contributed by atoms with Gasteiger partial charge >= 0.3 is 0 Å². The highest BCUT2D eigenvalue weighted by Gasteiger charge is 2.77. The van der Waals surface area contributed by atoms with Crippen LogP contribution in [0.15, 0.2) is 60.7 Å². The zero-order chi connectivity index (χ0) is 28.2. The minimum Gasteiger partial charge on any atom is -0.481 e. The molecule has 1 aliphatic heterocycles. The highest BCUT2D eigenvalue weighted by Crippen LogP contribution is 2.70. The summed E-state index contributed by atoms with van der Waals surface area (Å²) < 4.78 is 30.7. The average molecular weight is 555 g/mol. The Morgan fingerprint density at radius 3 is 2.28 bits per heavy atom. The van der Waals surface area contributed by atoms with Gasteiger partial charge in [-0.15, -0.1) is 0 Å². The van der Waals surface area contributed by atoms with Crippen LogP contribution in [0.5, 0.6) is 17.5 Å². The molecular weight excluding hydrogens is 519 g/mol. The number of hydrogen-bond donors (Lipinski definition) is 2. The second kappa shape index (κ2) is 9.91. The normalized spacial score (nSPS) is 27.7. The lowest BCUT2D eigenvalue weighted by Crippen LogP contribution is -2.52. The van der Waals surface area contributed by atoms with Crippen molar-refractivity contribution in [1.29, 1.82) is 0 Å². The summed E-state index contributed by atoms with van der Waals surface area (Å²) in [5.74, 6) is -0.422. The molecule has 5 rings (SSSR count). The van der Waals surface area contributed by atoms with Crippen molar-refractivity contribution in [3.05, 3.63) is 77.4 Å². The smallest absolute Gasteiger partial charge is 0.226 e. The summed E-state index contributed by atoms with van der Waals surface area (Å²) in [7, 11) is 3.73. The van der Waals surface area contributed by atoms with E-state index in [2.05, 4.69) is 4.98 Å². The summed E-state index contributed by atoms with van der Waals surface area (Å²) >= 11 is 0. The quantitative estimate of drug-likeness (QED) is 0.321. The highest BCUT2D eigenvalue weighted by molar-refractivity contribution is 7.70. The second-order valence-electron chi connectivity index (χ2n) is 10.5. The Labute approximate surface area is 228 Å². The first kappa shape index (κ1) is 27.6. The van der Waals surface area contributed by atoms with E-state index in [9.17, 15) is 14.8 Å². The van der Waals surface area contributed by atoms with Gasteiger partial charge in [-0.2, -0.15) is 10.0 Å². The van der Waals surface area contributed by atoms with Crippen molar-refractivity contribution >= 4 is 12.4 Å². The van der Waals surface area contributed by atoms with Gasteiger partial charge in [-0.3, -0.25) is 0 Å². The van der Waals surface area contributed by atoms with Gasteiger partial charge < -0.3 is 33.8 Å². The third-order valence-electron chi connectivity index (χ3n) is 8.10. The Kier molecular flexibility index (Phi) is 7.02. The number of hydrogen-bond acceptors (Lipinski definition) is 9. The molecule has 2 aliphatic rings. The van der Waals surface area contributed by atoms with Crippen molar-refractivity contribution in [2.24, 2.45) is 5.92 Å². The second-order valence-corrected chi connectivity index (χ2v) is 13.8. The van der Waals surface area contributed by atoms with Crippen molar-refractivity contribution in [3.8, 4) is 17.5 Å². The Morgan fingerprint density at radius 1 is 1.05 bits per heavy atom. The van der Waals surface area contributed by atoms with Crippen molar-refractivity contribution in [2.75, 3.05) is 48.3 Å². The largest absolute Gasteiger partial charge is 0.481 e. The van der Waals surface area contributed by atoms with Gasteiger partial charge in [0.05, 0.1) is 33.0 Å². The van der Waals surface area contributed by atoms with Crippen LogP contribution in [0.4, 0.5) is 0 Å². The lowest BCUT2D eigenvalue weighted by molar-refractivity contribution is -0.158.